The average molecular weight is 501 g/mol. The van der Waals surface area contributed by atoms with E-state index >= 15 is 0 Å². The number of halogens is 1. The van der Waals surface area contributed by atoms with Gasteiger partial charge in [0.05, 0.1) is 40.4 Å². The van der Waals surface area contributed by atoms with E-state index in [0.29, 0.717) is 51.4 Å². The van der Waals surface area contributed by atoms with E-state index in [2.05, 4.69) is 15.0 Å². The van der Waals surface area contributed by atoms with E-state index in [1.807, 2.05) is 12.1 Å². The molecular weight excluding hydrogens is 476 g/mol. The molecular formula is C25H25ClN2O7. The maximum atomic E-state index is 13.1. The molecule has 35 heavy (non-hydrogen) atoms. The van der Waals surface area contributed by atoms with Gasteiger partial charge in [-0.15, -0.1) is 0 Å². The molecule has 184 valence electrons. The Bertz CT molecular complexity index is 1230. The van der Waals surface area contributed by atoms with Gasteiger partial charge < -0.3 is 28.7 Å². The minimum Gasteiger partial charge on any atom is -0.493 e. The highest BCUT2D eigenvalue weighted by atomic mass is 35.5. The molecule has 0 bridgehead atoms. The van der Waals surface area contributed by atoms with Gasteiger partial charge in [-0.05, 0) is 24.3 Å². The van der Waals surface area contributed by atoms with Crippen LogP contribution in [0.5, 0.6) is 11.5 Å². The predicted molar refractivity (Wildman–Crippen MR) is 127 cm³/mol. The molecule has 4 rings (SSSR count). The Morgan fingerprint density at radius 3 is 2.71 bits per heavy atom. The monoisotopic (exact) mass is 500 g/mol. The Labute approximate surface area is 207 Å². The van der Waals surface area contributed by atoms with Crippen LogP contribution >= 0.6 is 11.6 Å². The predicted octanol–water partition coefficient (Wildman–Crippen LogP) is 4.12. The maximum Gasteiger partial charge on any atom is 0.305 e. The number of benzene rings is 2. The lowest BCUT2D eigenvalue weighted by Gasteiger charge is -2.24. The van der Waals surface area contributed by atoms with Gasteiger partial charge in [-0.1, -0.05) is 23.7 Å². The first kappa shape index (κ1) is 24.6. The van der Waals surface area contributed by atoms with Gasteiger partial charge in [-0.25, -0.2) is 4.98 Å². The second kappa shape index (κ2) is 10.8. The van der Waals surface area contributed by atoms with Gasteiger partial charge in [0.1, 0.15) is 18.0 Å². The van der Waals surface area contributed by atoms with Crippen molar-refractivity contribution >= 4 is 29.2 Å². The molecule has 1 aliphatic rings. The highest BCUT2D eigenvalue weighted by Crippen LogP contribution is 2.43. The van der Waals surface area contributed by atoms with Gasteiger partial charge in [0.25, 0.3) is 5.91 Å². The van der Waals surface area contributed by atoms with Crippen molar-refractivity contribution in [3.05, 3.63) is 70.4 Å². The van der Waals surface area contributed by atoms with Crippen molar-refractivity contribution in [2.24, 2.45) is 0 Å². The number of nitrogens with one attached hydrogen (secondary N) is 1. The van der Waals surface area contributed by atoms with Crippen molar-refractivity contribution < 1.29 is 33.0 Å². The highest BCUT2D eigenvalue weighted by Gasteiger charge is 2.35. The van der Waals surface area contributed by atoms with E-state index < -0.39 is 12.2 Å². The van der Waals surface area contributed by atoms with Gasteiger partial charge in [0.15, 0.2) is 17.4 Å². The van der Waals surface area contributed by atoms with Crippen LogP contribution in [0.3, 0.4) is 0 Å². The number of hydrogen-bond acceptors (Lipinski definition) is 8. The molecule has 0 aliphatic carbocycles. The zero-order valence-corrected chi connectivity index (χ0v) is 20.3. The van der Waals surface area contributed by atoms with Crippen molar-refractivity contribution in [1.82, 2.24) is 4.98 Å². The van der Waals surface area contributed by atoms with Crippen molar-refractivity contribution in [3.63, 3.8) is 0 Å². The molecule has 2 atom stereocenters. The molecule has 9 nitrogen and oxygen atoms in total. The summed E-state index contributed by atoms with van der Waals surface area (Å²) in [5.74, 6) is 1.14. The van der Waals surface area contributed by atoms with Gasteiger partial charge in [0, 0.05) is 28.3 Å². The normalized spacial score (nSPS) is 17.2. The van der Waals surface area contributed by atoms with Crippen LogP contribution in [-0.2, 0) is 31.9 Å². The third-order valence-electron chi connectivity index (χ3n) is 5.63. The first-order valence-corrected chi connectivity index (χ1v) is 11.3. The number of nitrogens with zero attached hydrogens (tertiary/aromatic N) is 1. The van der Waals surface area contributed by atoms with Crippen LogP contribution in [0.2, 0.25) is 5.02 Å². The average Bonchev–Trinajstić information content (AvgIpc) is 3.27. The standard InChI is InChI=1S/C25H25ClN2O7/c1-31-19-6-4-5-16(24(19)33-3)23-17-11-14(26)7-9-18(17)28-25(30)20(35-23)12-21-27-13-15(34-21)8-10-22(29)32-2/h4-7,9,11,13,20,23H,8,10,12H2,1-3H3,(H,28,30)/t20-,23-/m0/s1. The molecule has 0 saturated carbocycles. The quantitative estimate of drug-likeness (QED) is 0.460. The van der Waals surface area contributed by atoms with Gasteiger partial charge in [-0.2, -0.15) is 0 Å². The van der Waals surface area contributed by atoms with Crippen LogP contribution < -0.4 is 14.8 Å². The number of carbonyl (C=O) groups is 2. The second-order valence-corrected chi connectivity index (χ2v) is 8.25. The fourth-order valence-electron chi connectivity index (χ4n) is 3.92. The third kappa shape index (κ3) is 5.41. The lowest BCUT2D eigenvalue weighted by Crippen LogP contribution is -2.31. The fraction of sp³-hybridized carbons (Fsp3) is 0.320. The topological polar surface area (TPSA) is 109 Å². The summed E-state index contributed by atoms with van der Waals surface area (Å²) in [6, 6.07) is 10.6. The SMILES string of the molecule is COC(=O)CCc1cnc(C[C@@H]2O[C@@H](c3cccc(OC)c3OC)c3cc(Cl)ccc3NC2=O)o1. The number of aromatic nitrogens is 1. The zero-order valence-electron chi connectivity index (χ0n) is 19.5. The smallest absolute Gasteiger partial charge is 0.305 e. The van der Waals surface area contributed by atoms with Gasteiger partial charge >= 0.3 is 5.97 Å². The molecule has 0 spiro atoms. The number of carbonyl (C=O) groups excluding carboxylic acids is 2. The molecule has 2 heterocycles. The molecule has 0 fully saturated rings. The van der Waals surface area contributed by atoms with Crippen LogP contribution in [0.4, 0.5) is 5.69 Å². The number of para-hydroxylation sites is 1. The highest BCUT2D eigenvalue weighted by molar-refractivity contribution is 6.30. The number of fused-ring (bicyclic) bond motifs is 1. The number of hydrogen-bond donors (Lipinski definition) is 1. The summed E-state index contributed by atoms with van der Waals surface area (Å²) in [7, 11) is 4.42. The first-order valence-electron chi connectivity index (χ1n) is 10.9. The van der Waals surface area contributed by atoms with E-state index in [0.717, 1.165) is 0 Å². The summed E-state index contributed by atoms with van der Waals surface area (Å²) < 4.78 is 27.9. The van der Waals surface area contributed by atoms with Crippen LogP contribution in [0.25, 0.3) is 0 Å². The van der Waals surface area contributed by atoms with Crippen molar-refractivity contribution in [3.8, 4) is 11.5 Å². The molecule has 10 heteroatoms. The number of rotatable bonds is 8. The summed E-state index contributed by atoms with van der Waals surface area (Å²) in [5, 5.41) is 3.41. The molecule has 1 aliphatic heterocycles. The molecule has 0 radical (unpaired) electrons. The number of esters is 1. The molecule has 1 aromatic heterocycles. The zero-order chi connectivity index (χ0) is 24.9. The Kier molecular flexibility index (Phi) is 7.57. The lowest BCUT2D eigenvalue weighted by molar-refractivity contribution is -0.140. The third-order valence-corrected chi connectivity index (χ3v) is 5.86. The van der Waals surface area contributed by atoms with Crippen LogP contribution in [0.1, 0.15) is 35.3 Å². The van der Waals surface area contributed by atoms with E-state index in [-0.39, 0.29) is 24.7 Å². The lowest BCUT2D eigenvalue weighted by atomic mass is 9.98. The number of amides is 1. The summed E-state index contributed by atoms with van der Waals surface area (Å²) in [4.78, 5) is 28.8. The number of ether oxygens (including phenoxy) is 4. The summed E-state index contributed by atoms with van der Waals surface area (Å²) in [5.41, 5.74) is 1.91. The molecule has 3 aromatic rings. The maximum absolute atomic E-state index is 13.1. The van der Waals surface area contributed by atoms with E-state index in [9.17, 15) is 9.59 Å². The largest absolute Gasteiger partial charge is 0.493 e. The van der Waals surface area contributed by atoms with Crippen molar-refractivity contribution in [2.75, 3.05) is 26.6 Å². The second-order valence-electron chi connectivity index (χ2n) is 7.81. The molecule has 0 unspecified atom stereocenters. The molecule has 0 saturated heterocycles. The summed E-state index contributed by atoms with van der Waals surface area (Å²) in [6.45, 7) is 0. The van der Waals surface area contributed by atoms with E-state index in [1.165, 1.54) is 13.3 Å². The van der Waals surface area contributed by atoms with Crippen molar-refractivity contribution in [1.29, 1.82) is 0 Å². The number of anilines is 1. The number of oxazole rings is 1. The van der Waals surface area contributed by atoms with Crippen LogP contribution in [0, 0.1) is 0 Å². The Morgan fingerprint density at radius 1 is 1.14 bits per heavy atom. The minimum absolute atomic E-state index is 0.0779. The fourth-order valence-corrected chi connectivity index (χ4v) is 4.10. The first-order chi connectivity index (χ1) is 16.9. The summed E-state index contributed by atoms with van der Waals surface area (Å²) in [6.07, 6.45) is 0.476. The molecule has 1 N–H and O–H groups in total. The van der Waals surface area contributed by atoms with E-state index in [1.54, 1.807) is 38.5 Å². The van der Waals surface area contributed by atoms with Crippen LogP contribution in [0.15, 0.2) is 47.0 Å². The Hall–Kier alpha value is -3.56. The van der Waals surface area contributed by atoms with Gasteiger partial charge in [0.2, 0.25) is 0 Å². The van der Waals surface area contributed by atoms with E-state index in [4.69, 9.17) is 30.2 Å². The summed E-state index contributed by atoms with van der Waals surface area (Å²) >= 11 is 6.30. The Morgan fingerprint density at radius 2 is 1.97 bits per heavy atom. The molecule has 1 amide bonds. The van der Waals surface area contributed by atoms with Crippen LogP contribution in [-0.4, -0.2) is 44.3 Å². The number of aryl methyl sites for hydroxylation is 1. The van der Waals surface area contributed by atoms with Gasteiger partial charge in [-0.3, -0.25) is 9.59 Å². The Balaban J connectivity index is 1.67. The molecule has 2 aromatic carbocycles. The minimum atomic E-state index is -0.936. The number of methoxy groups -OCH3 is 3. The van der Waals surface area contributed by atoms with Crippen molar-refractivity contribution in [2.45, 2.75) is 31.5 Å².